The summed E-state index contributed by atoms with van der Waals surface area (Å²) in [6.07, 6.45) is 1.78. The first-order chi connectivity index (χ1) is 10.8. The van der Waals surface area contributed by atoms with Crippen molar-refractivity contribution >= 4 is 22.5 Å². The number of hydrogen-bond donors (Lipinski definition) is 1. The molecule has 5 nitrogen and oxygen atoms in total. The molecule has 0 aliphatic heterocycles. The topological polar surface area (TPSA) is 80.0 Å². The fourth-order valence-electron chi connectivity index (χ4n) is 2.62. The fourth-order valence-corrected chi connectivity index (χ4v) is 2.62. The summed E-state index contributed by atoms with van der Waals surface area (Å²) in [6.45, 7) is 0. The highest BCUT2D eigenvalue weighted by Crippen LogP contribution is 2.27. The molecule has 0 spiro atoms. The lowest BCUT2D eigenvalue weighted by Gasteiger charge is -2.07. The number of rotatable bonds is 1. The number of benzene rings is 2. The fraction of sp³-hybridized carbons (Fsp3) is 0. The van der Waals surface area contributed by atoms with Crippen LogP contribution >= 0.6 is 0 Å². The van der Waals surface area contributed by atoms with Gasteiger partial charge >= 0.3 is 0 Å². The SMILES string of the molecule is N#Cc1ccc(-c2cnc3c(N)nc4ccccc4n23)cc1. The maximum absolute atomic E-state index is 8.92. The van der Waals surface area contributed by atoms with E-state index in [1.165, 1.54) is 0 Å². The van der Waals surface area contributed by atoms with E-state index in [0.717, 1.165) is 22.3 Å². The van der Waals surface area contributed by atoms with Crippen molar-refractivity contribution in [1.29, 1.82) is 5.26 Å². The number of nitrogens with zero attached hydrogens (tertiary/aromatic N) is 4. The van der Waals surface area contributed by atoms with Gasteiger partial charge in [0.2, 0.25) is 0 Å². The largest absolute Gasteiger partial charge is 0.381 e. The second-order valence-corrected chi connectivity index (χ2v) is 4.98. The van der Waals surface area contributed by atoms with E-state index < -0.39 is 0 Å². The summed E-state index contributed by atoms with van der Waals surface area (Å²) in [5, 5.41) is 8.92. The van der Waals surface area contributed by atoms with E-state index in [2.05, 4.69) is 16.0 Å². The van der Waals surface area contributed by atoms with Crippen molar-refractivity contribution in [3.8, 4) is 17.3 Å². The molecule has 2 N–H and O–H groups in total. The lowest BCUT2D eigenvalue weighted by Crippen LogP contribution is -1.99. The van der Waals surface area contributed by atoms with Crippen molar-refractivity contribution in [3.05, 3.63) is 60.3 Å². The van der Waals surface area contributed by atoms with E-state index >= 15 is 0 Å². The van der Waals surface area contributed by atoms with Crippen LogP contribution in [0.25, 0.3) is 27.9 Å². The van der Waals surface area contributed by atoms with E-state index in [1.807, 2.05) is 40.8 Å². The van der Waals surface area contributed by atoms with Gasteiger partial charge in [0.05, 0.1) is 34.6 Å². The molecular weight excluding hydrogens is 274 g/mol. The first kappa shape index (κ1) is 12.4. The molecule has 0 unspecified atom stereocenters. The van der Waals surface area contributed by atoms with Gasteiger partial charge in [-0.25, -0.2) is 9.97 Å². The number of nitrogens with two attached hydrogens (primary N) is 1. The Labute approximate surface area is 126 Å². The van der Waals surface area contributed by atoms with Gasteiger partial charge in [-0.3, -0.25) is 4.40 Å². The van der Waals surface area contributed by atoms with Crippen LogP contribution in [0.1, 0.15) is 5.56 Å². The average Bonchev–Trinajstić information content (AvgIpc) is 3.01. The van der Waals surface area contributed by atoms with Crippen LogP contribution in [0.3, 0.4) is 0 Å². The molecule has 2 aromatic carbocycles. The number of fused-ring (bicyclic) bond motifs is 3. The van der Waals surface area contributed by atoms with Gasteiger partial charge in [0.15, 0.2) is 11.5 Å². The highest BCUT2D eigenvalue weighted by Gasteiger charge is 2.12. The number of nitriles is 1. The van der Waals surface area contributed by atoms with Crippen LogP contribution in [0.4, 0.5) is 5.82 Å². The van der Waals surface area contributed by atoms with Crippen LogP contribution in [-0.2, 0) is 0 Å². The Kier molecular flexibility index (Phi) is 2.57. The standard InChI is InChI=1S/C17H11N5/c18-9-11-5-7-12(8-6-11)15-10-20-17-16(19)21-13-3-1-2-4-14(13)22(15)17/h1-8,10H,(H2,19,21). The zero-order valence-electron chi connectivity index (χ0n) is 11.6. The van der Waals surface area contributed by atoms with Gasteiger partial charge in [-0.15, -0.1) is 0 Å². The van der Waals surface area contributed by atoms with Gasteiger partial charge in [-0.1, -0.05) is 24.3 Å². The lowest BCUT2D eigenvalue weighted by molar-refractivity contribution is 1.22. The first-order valence-corrected chi connectivity index (χ1v) is 6.80. The predicted molar refractivity (Wildman–Crippen MR) is 85.1 cm³/mol. The Bertz CT molecular complexity index is 1040. The highest BCUT2D eigenvalue weighted by molar-refractivity contribution is 5.85. The zero-order valence-corrected chi connectivity index (χ0v) is 11.6. The molecule has 4 rings (SSSR count). The number of nitrogen functional groups attached to an aromatic ring is 1. The van der Waals surface area contributed by atoms with Crippen LogP contribution in [-0.4, -0.2) is 14.4 Å². The third kappa shape index (κ3) is 1.71. The molecule has 5 heteroatoms. The molecule has 0 bridgehead atoms. The van der Waals surface area contributed by atoms with Crippen LogP contribution in [0, 0.1) is 11.3 Å². The van der Waals surface area contributed by atoms with Gasteiger partial charge < -0.3 is 5.73 Å². The molecule has 22 heavy (non-hydrogen) atoms. The van der Waals surface area contributed by atoms with E-state index in [-0.39, 0.29) is 0 Å². The minimum Gasteiger partial charge on any atom is -0.381 e. The van der Waals surface area contributed by atoms with Gasteiger partial charge in [-0.2, -0.15) is 5.26 Å². The molecule has 0 aliphatic rings. The number of anilines is 1. The summed E-state index contributed by atoms with van der Waals surface area (Å²) in [4.78, 5) is 8.79. The average molecular weight is 285 g/mol. The molecule has 0 saturated heterocycles. The van der Waals surface area contributed by atoms with Gasteiger partial charge in [0, 0.05) is 5.56 Å². The summed E-state index contributed by atoms with van der Waals surface area (Å²) in [7, 11) is 0. The van der Waals surface area contributed by atoms with Crippen molar-refractivity contribution in [1.82, 2.24) is 14.4 Å². The Balaban J connectivity index is 2.08. The number of hydrogen-bond acceptors (Lipinski definition) is 4. The third-order valence-electron chi connectivity index (χ3n) is 3.66. The Morgan fingerprint density at radius 3 is 2.59 bits per heavy atom. The minimum atomic E-state index is 0.401. The van der Waals surface area contributed by atoms with E-state index in [1.54, 1.807) is 18.3 Å². The smallest absolute Gasteiger partial charge is 0.180 e. The first-order valence-electron chi connectivity index (χ1n) is 6.80. The predicted octanol–water partition coefficient (Wildman–Crippen LogP) is 3.00. The maximum Gasteiger partial charge on any atom is 0.180 e. The zero-order chi connectivity index (χ0) is 15.1. The number of aromatic nitrogens is 3. The van der Waals surface area contributed by atoms with E-state index in [0.29, 0.717) is 17.0 Å². The molecule has 2 aromatic heterocycles. The Hall–Kier alpha value is -3.39. The van der Waals surface area contributed by atoms with Crippen molar-refractivity contribution in [2.24, 2.45) is 0 Å². The van der Waals surface area contributed by atoms with Gasteiger partial charge in [0.25, 0.3) is 0 Å². The molecule has 0 atom stereocenters. The third-order valence-corrected chi connectivity index (χ3v) is 3.66. The van der Waals surface area contributed by atoms with Crippen molar-refractivity contribution < 1.29 is 0 Å². The van der Waals surface area contributed by atoms with Gasteiger partial charge in [0.1, 0.15) is 0 Å². The van der Waals surface area contributed by atoms with Crippen molar-refractivity contribution in [3.63, 3.8) is 0 Å². The van der Waals surface area contributed by atoms with Crippen LogP contribution < -0.4 is 5.73 Å². The quantitative estimate of drug-likeness (QED) is 0.583. The molecule has 4 aromatic rings. The molecule has 0 fully saturated rings. The minimum absolute atomic E-state index is 0.401. The van der Waals surface area contributed by atoms with Crippen LogP contribution in [0.2, 0.25) is 0 Å². The van der Waals surface area contributed by atoms with E-state index in [4.69, 9.17) is 11.0 Å². The van der Waals surface area contributed by atoms with Gasteiger partial charge in [-0.05, 0) is 24.3 Å². The monoisotopic (exact) mass is 285 g/mol. The summed E-state index contributed by atoms with van der Waals surface area (Å²) in [5.41, 5.74) is 11.0. The second-order valence-electron chi connectivity index (χ2n) is 4.98. The molecule has 0 radical (unpaired) electrons. The molecule has 0 saturated carbocycles. The van der Waals surface area contributed by atoms with Crippen LogP contribution in [0.5, 0.6) is 0 Å². The summed E-state index contributed by atoms with van der Waals surface area (Å²) in [6, 6.07) is 17.3. The number of imidazole rings is 1. The molecule has 2 heterocycles. The van der Waals surface area contributed by atoms with E-state index in [9.17, 15) is 0 Å². The summed E-state index contributed by atoms with van der Waals surface area (Å²) in [5.74, 6) is 0.401. The highest BCUT2D eigenvalue weighted by atomic mass is 15.1. The summed E-state index contributed by atoms with van der Waals surface area (Å²) >= 11 is 0. The summed E-state index contributed by atoms with van der Waals surface area (Å²) < 4.78 is 2.00. The number of para-hydroxylation sites is 2. The molecular formula is C17H11N5. The Morgan fingerprint density at radius 2 is 1.82 bits per heavy atom. The molecule has 104 valence electrons. The molecule has 0 aliphatic carbocycles. The van der Waals surface area contributed by atoms with Crippen molar-refractivity contribution in [2.75, 3.05) is 5.73 Å². The lowest BCUT2D eigenvalue weighted by atomic mass is 10.1. The Morgan fingerprint density at radius 1 is 1.05 bits per heavy atom. The normalized spacial score (nSPS) is 10.9. The van der Waals surface area contributed by atoms with Crippen molar-refractivity contribution in [2.45, 2.75) is 0 Å². The second kappa shape index (κ2) is 4.57. The van der Waals surface area contributed by atoms with Crippen LogP contribution in [0.15, 0.2) is 54.7 Å². The molecule has 0 amide bonds. The maximum atomic E-state index is 8.92.